The molecule has 2 aliphatic heterocycles. The van der Waals surface area contributed by atoms with Gasteiger partial charge in [0.25, 0.3) is 0 Å². The summed E-state index contributed by atoms with van der Waals surface area (Å²) in [5.41, 5.74) is -0.271. The van der Waals surface area contributed by atoms with Gasteiger partial charge in [-0.1, -0.05) is 0 Å². The minimum absolute atomic E-state index is 0.00316. The van der Waals surface area contributed by atoms with Crippen molar-refractivity contribution in [2.24, 2.45) is 5.41 Å². The molecule has 0 radical (unpaired) electrons. The molecule has 0 aromatic carbocycles. The molecule has 2 spiro atoms. The third kappa shape index (κ3) is 0.946. The number of hydroxylamine groups is 2. The zero-order valence-corrected chi connectivity index (χ0v) is 10.6. The van der Waals surface area contributed by atoms with Gasteiger partial charge in [-0.05, 0) is 32.1 Å². The Morgan fingerprint density at radius 2 is 2.29 bits per heavy atom. The predicted octanol–water partition coefficient (Wildman–Crippen LogP) is 1.47. The van der Waals surface area contributed by atoms with Crippen LogP contribution in [-0.2, 0) is 14.4 Å². The third-order valence-electron chi connectivity index (χ3n) is 5.18. The molecule has 4 aliphatic rings. The number of carbonyl (C=O) groups is 1. The van der Waals surface area contributed by atoms with Crippen molar-refractivity contribution in [1.29, 1.82) is 0 Å². The van der Waals surface area contributed by atoms with E-state index in [0.29, 0.717) is 0 Å². The van der Waals surface area contributed by atoms with Crippen LogP contribution in [0.3, 0.4) is 0 Å². The van der Waals surface area contributed by atoms with E-state index in [-0.39, 0.29) is 17.4 Å². The Hall–Kier alpha value is -0.320. The van der Waals surface area contributed by atoms with Crippen molar-refractivity contribution in [3.05, 3.63) is 0 Å². The average Bonchev–Trinajstić information content (AvgIpc) is 3.14. The van der Waals surface area contributed by atoms with Gasteiger partial charge < -0.3 is 4.74 Å². The first-order valence-electron chi connectivity index (χ1n) is 6.33. The molecule has 0 aromatic rings. The molecule has 0 amide bonds. The number of alkyl halides is 1. The number of esters is 1. The molecular weight excluding hydrogens is 242 g/mol. The fourth-order valence-corrected chi connectivity index (χ4v) is 4.64. The summed E-state index contributed by atoms with van der Waals surface area (Å²) in [7, 11) is 1.42. The van der Waals surface area contributed by atoms with Gasteiger partial charge in [0.2, 0.25) is 0 Å². The van der Waals surface area contributed by atoms with E-state index < -0.39 is 10.5 Å². The first kappa shape index (κ1) is 10.6. The first-order valence-corrected chi connectivity index (χ1v) is 6.71. The second-order valence-corrected chi connectivity index (χ2v) is 6.47. The molecule has 4 rings (SSSR count). The van der Waals surface area contributed by atoms with Gasteiger partial charge in [-0.3, -0.25) is 4.84 Å². The van der Waals surface area contributed by atoms with Gasteiger partial charge in [-0.25, -0.2) is 4.79 Å². The van der Waals surface area contributed by atoms with E-state index in [1.807, 2.05) is 5.06 Å². The highest BCUT2D eigenvalue weighted by molar-refractivity contribution is 6.36. The van der Waals surface area contributed by atoms with E-state index in [9.17, 15) is 4.79 Å². The molecule has 4 nitrogen and oxygen atoms in total. The Bertz CT molecular complexity index is 411. The van der Waals surface area contributed by atoms with Crippen molar-refractivity contribution in [2.45, 2.75) is 48.6 Å². The number of hydrogen-bond donors (Lipinski definition) is 0. The molecule has 5 heteroatoms. The van der Waals surface area contributed by atoms with Crippen molar-refractivity contribution in [2.75, 3.05) is 13.7 Å². The lowest BCUT2D eigenvalue weighted by molar-refractivity contribution is -0.169. The lowest BCUT2D eigenvalue weighted by atomic mass is 9.88. The molecule has 3 atom stereocenters. The van der Waals surface area contributed by atoms with Crippen molar-refractivity contribution < 1.29 is 14.4 Å². The van der Waals surface area contributed by atoms with Gasteiger partial charge in [0, 0.05) is 12.0 Å². The predicted molar refractivity (Wildman–Crippen MR) is 60.4 cm³/mol. The van der Waals surface area contributed by atoms with Crippen LogP contribution >= 0.6 is 11.6 Å². The van der Waals surface area contributed by atoms with Crippen LogP contribution < -0.4 is 0 Å². The summed E-state index contributed by atoms with van der Waals surface area (Å²) in [6.07, 6.45) is 5.17. The van der Waals surface area contributed by atoms with Crippen LogP contribution in [-0.4, -0.2) is 41.2 Å². The zero-order chi connectivity index (χ0) is 11.9. The maximum atomic E-state index is 12.2. The van der Waals surface area contributed by atoms with Crippen LogP contribution in [0.25, 0.3) is 0 Å². The van der Waals surface area contributed by atoms with Gasteiger partial charge in [0.05, 0.1) is 13.2 Å². The smallest absolute Gasteiger partial charge is 0.331 e. The lowest BCUT2D eigenvalue weighted by Crippen LogP contribution is -2.52. The first-order chi connectivity index (χ1) is 8.10. The monoisotopic (exact) mass is 257 g/mol. The van der Waals surface area contributed by atoms with Crippen LogP contribution in [0, 0.1) is 5.41 Å². The number of carbonyl (C=O) groups excluding carboxylic acids is 1. The summed E-state index contributed by atoms with van der Waals surface area (Å²) < 4.78 is 4.96. The van der Waals surface area contributed by atoms with E-state index in [0.717, 1.165) is 38.6 Å². The fraction of sp³-hybridized carbons (Fsp3) is 0.917. The maximum Gasteiger partial charge on any atom is 0.331 e. The molecule has 2 saturated carbocycles. The van der Waals surface area contributed by atoms with E-state index >= 15 is 0 Å². The molecule has 4 fully saturated rings. The average molecular weight is 258 g/mol. The molecule has 0 aromatic heterocycles. The number of methoxy groups -OCH3 is 1. The number of rotatable bonds is 1. The van der Waals surface area contributed by atoms with Gasteiger partial charge in [-0.2, -0.15) is 5.06 Å². The second kappa shape index (κ2) is 2.81. The van der Waals surface area contributed by atoms with Crippen molar-refractivity contribution in [3.63, 3.8) is 0 Å². The van der Waals surface area contributed by atoms with E-state index in [2.05, 4.69) is 0 Å². The number of hydrogen-bond acceptors (Lipinski definition) is 4. The Morgan fingerprint density at radius 1 is 1.53 bits per heavy atom. The zero-order valence-electron chi connectivity index (χ0n) is 9.87. The minimum Gasteiger partial charge on any atom is -0.468 e. The van der Waals surface area contributed by atoms with Crippen LogP contribution in [0.1, 0.15) is 32.1 Å². The molecule has 94 valence electrons. The Kier molecular flexibility index (Phi) is 1.75. The highest BCUT2D eigenvalue weighted by Crippen LogP contribution is 2.82. The SMILES string of the molecule is COC(=O)C1(Cl)C2CCCN2OC12CC21CC1. The Balaban J connectivity index is 1.79. The molecule has 2 aliphatic carbocycles. The summed E-state index contributed by atoms with van der Waals surface area (Å²) >= 11 is 6.76. The Labute approximate surface area is 105 Å². The fourth-order valence-electron chi connectivity index (χ4n) is 4.04. The highest BCUT2D eigenvalue weighted by Gasteiger charge is 2.90. The number of nitrogens with zero attached hydrogens (tertiary/aromatic N) is 1. The molecule has 0 bridgehead atoms. The quantitative estimate of drug-likeness (QED) is 0.527. The molecule has 3 unspecified atom stereocenters. The van der Waals surface area contributed by atoms with Gasteiger partial charge >= 0.3 is 5.97 Å². The summed E-state index contributed by atoms with van der Waals surface area (Å²) in [6.45, 7) is 0.883. The number of halogens is 1. The van der Waals surface area contributed by atoms with Crippen molar-refractivity contribution in [3.8, 4) is 0 Å². The largest absolute Gasteiger partial charge is 0.468 e. The van der Waals surface area contributed by atoms with Crippen LogP contribution in [0.2, 0.25) is 0 Å². The summed E-state index contributed by atoms with van der Waals surface area (Å²) in [6, 6.07) is -0.00316. The Morgan fingerprint density at radius 3 is 2.88 bits per heavy atom. The van der Waals surface area contributed by atoms with Gasteiger partial charge in [0.15, 0.2) is 4.87 Å². The molecule has 2 saturated heterocycles. The van der Waals surface area contributed by atoms with Crippen molar-refractivity contribution in [1.82, 2.24) is 5.06 Å². The van der Waals surface area contributed by atoms with Crippen LogP contribution in [0.4, 0.5) is 0 Å². The molecular formula is C12H16ClNO3. The molecule has 17 heavy (non-hydrogen) atoms. The normalized spacial score (nSPS) is 49.6. The van der Waals surface area contributed by atoms with Crippen LogP contribution in [0.15, 0.2) is 0 Å². The molecule has 0 N–H and O–H groups in total. The third-order valence-corrected chi connectivity index (χ3v) is 5.89. The van der Waals surface area contributed by atoms with E-state index in [1.54, 1.807) is 0 Å². The lowest BCUT2D eigenvalue weighted by Gasteiger charge is -2.28. The molecule has 2 heterocycles. The minimum atomic E-state index is -0.977. The van der Waals surface area contributed by atoms with Crippen LogP contribution in [0.5, 0.6) is 0 Å². The van der Waals surface area contributed by atoms with Gasteiger partial charge in [0.1, 0.15) is 5.60 Å². The topological polar surface area (TPSA) is 38.8 Å². The summed E-state index contributed by atoms with van der Waals surface area (Å²) in [5, 5.41) is 1.94. The van der Waals surface area contributed by atoms with Gasteiger partial charge in [-0.15, -0.1) is 11.6 Å². The second-order valence-electron chi connectivity index (χ2n) is 5.88. The summed E-state index contributed by atoms with van der Waals surface area (Å²) in [4.78, 5) is 17.3. The highest BCUT2D eigenvalue weighted by atomic mass is 35.5. The van der Waals surface area contributed by atoms with E-state index in [1.165, 1.54) is 7.11 Å². The van der Waals surface area contributed by atoms with Crippen molar-refractivity contribution >= 4 is 17.6 Å². The van der Waals surface area contributed by atoms with E-state index in [4.69, 9.17) is 21.2 Å². The maximum absolute atomic E-state index is 12.2. The number of ether oxygens (including phenoxy) is 1. The standard InChI is InChI=1S/C12H16ClNO3/c1-16-9(15)12(13)8-3-2-6-14(8)17-11(12)7-10(11)4-5-10/h8H,2-7H2,1H3. The summed E-state index contributed by atoms with van der Waals surface area (Å²) in [5.74, 6) is -0.308. The number of fused-ring (bicyclic) bond motifs is 2.